The summed E-state index contributed by atoms with van der Waals surface area (Å²) in [7, 11) is 2.02. The van der Waals surface area contributed by atoms with Crippen molar-refractivity contribution in [1.29, 1.82) is 0 Å². The van der Waals surface area contributed by atoms with Crippen molar-refractivity contribution >= 4 is 23.2 Å². The summed E-state index contributed by atoms with van der Waals surface area (Å²) in [5.74, 6) is -0.340. The summed E-state index contributed by atoms with van der Waals surface area (Å²) in [6.45, 7) is 6.17. The Kier molecular flexibility index (Phi) is 4.86. The fourth-order valence-electron chi connectivity index (χ4n) is 4.37. The molecule has 3 aromatic rings. The van der Waals surface area contributed by atoms with Crippen LogP contribution in [0.3, 0.4) is 0 Å². The third kappa shape index (κ3) is 3.43. The second-order valence-corrected chi connectivity index (χ2v) is 8.73. The van der Waals surface area contributed by atoms with Crippen LogP contribution >= 0.6 is 11.6 Å². The Bertz CT molecular complexity index is 1210. The highest BCUT2D eigenvalue weighted by Crippen LogP contribution is 2.32. The maximum absolute atomic E-state index is 13.9. The van der Waals surface area contributed by atoms with Crippen molar-refractivity contribution in [3.8, 4) is 5.75 Å². The quantitative estimate of drug-likeness (QED) is 0.621. The number of aromatic nitrogens is 3. The van der Waals surface area contributed by atoms with E-state index in [-0.39, 0.29) is 12.0 Å². The van der Waals surface area contributed by atoms with E-state index in [9.17, 15) is 9.18 Å². The fourth-order valence-corrected chi connectivity index (χ4v) is 4.49. The van der Waals surface area contributed by atoms with Crippen molar-refractivity contribution in [2.45, 2.75) is 39.5 Å². The number of carbonyl (C=O) groups excluding carboxylic acids is 1. The highest BCUT2D eigenvalue weighted by atomic mass is 35.5. The lowest BCUT2D eigenvalue weighted by Gasteiger charge is -2.20. The molecule has 0 radical (unpaired) electrons. The van der Waals surface area contributed by atoms with Gasteiger partial charge in [0.2, 0.25) is 0 Å². The van der Waals surface area contributed by atoms with E-state index in [0.29, 0.717) is 35.1 Å². The molecule has 162 valence electrons. The Morgan fingerprint density at radius 1 is 1.29 bits per heavy atom. The predicted molar refractivity (Wildman–Crippen MR) is 114 cm³/mol. The minimum absolute atomic E-state index is 0.0572. The minimum Gasteiger partial charge on any atom is -0.488 e. The summed E-state index contributed by atoms with van der Waals surface area (Å²) in [6.07, 6.45) is 0.790. The Labute approximate surface area is 184 Å². The molecular formula is C22H23ClFN5O2. The zero-order valence-electron chi connectivity index (χ0n) is 17.7. The number of aryl methyl sites for hydroxylation is 2. The van der Waals surface area contributed by atoms with Gasteiger partial charge in [0.1, 0.15) is 17.7 Å². The van der Waals surface area contributed by atoms with Crippen LogP contribution in [0, 0.1) is 19.7 Å². The number of amides is 1. The van der Waals surface area contributed by atoms with Gasteiger partial charge < -0.3 is 14.5 Å². The van der Waals surface area contributed by atoms with Crippen molar-refractivity contribution < 1.29 is 13.9 Å². The molecule has 1 amide bonds. The topological polar surface area (TPSA) is 63.0 Å². The molecule has 31 heavy (non-hydrogen) atoms. The molecule has 1 saturated heterocycles. The first-order valence-corrected chi connectivity index (χ1v) is 10.7. The summed E-state index contributed by atoms with van der Waals surface area (Å²) in [6, 6.07) is 4.10. The number of hydrogen-bond acceptors (Lipinski definition) is 5. The number of benzene rings is 1. The third-order valence-electron chi connectivity index (χ3n) is 6.06. The molecule has 0 N–H and O–H groups in total. The number of likely N-dealkylation sites (tertiary alicyclic amines) is 1. The average molecular weight is 444 g/mol. The third-order valence-corrected chi connectivity index (χ3v) is 6.61. The minimum atomic E-state index is -0.424. The molecule has 1 atom stereocenters. The maximum Gasteiger partial charge on any atom is 0.258 e. The molecule has 2 aliphatic rings. The first-order valence-electron chi connectivity index (χ1n) is 10.3. The van der Waals surface area contributed by atoms with Gasteiger partial charge in [-0.15, -0.1) is 0 Å². The summed E-state index contributed by atoms with van der Waals surface area (Å²) >= 11 is 6.31. The number of ether oxygens (including phenoxy) is 1. The lowest BCUT2D eigenvalue weighted by Crippen LogP contribution is -2.28. The Balaban J connectivity index is 1.43. The van der Waals surface area contributed by atoms with Gasteiger partial charge >= 0.3 is 0 Å². The summed E-state index contributed by atoms with van der Waals surface area (Å²) < 4.78 is 21.7. The number of likely N-dealkylation sites (N-methyl/N-ethyl adjacent to an activating group) is 1. The molecule has 2 aliphatic heterocycles. The lowest BCUT2D eigenvalue weighted by molar-refractivity contribution is 0.0742. The van der Waals surface area contributed by atoms with Gasteiger partial charge in [-0.2, -0.15) is 5.10 Å². The van der Waals surface area contributed by atoms with Crippen molar-refractivity contribution in [3.63, 3.8) is 0 Å². The van der Waals surface area contributed by atoms with E-state index in [4.69, 9.17) is 16.3 Å². The van der Waals surface area contributed by atoms with E-state index in [1.807, 2.05) is 20.9 Å². The van der Waals surface area contributed by atoms with Crippen LogP contribution in [-0.2, 0) is 13.1 Å². The molecule has 0 spiro atoms. The van der Waals surface area contributed by atoms with E-state index < -0.39 is 5.82 Å². The van der Waals surface area contributed by atoms with Gasteiger partial charge in [-0.3, -0.25) is 4.79 Å². The molecular weight excluding hydrogens is 421 g/mol. The van der Waals surface area contributed by atoms with Crippen LogP contribution in [0.2, 0.25) is 5.02 Å². The maximum atomic E-state index is 13.9. The molecule has 0 bridgehead atoms. The van der Waals surface area contributed by atoms with Crippen LogP contribution in [0.4, 0.5) is 4.39 Å². The van der Waals surface area contributed by atoms with Crippen LogP contribution < -0.4 is 4.74 Å². The van der Waals surface area contributed by atoms with Gasteiger partial charge in [0, 0.05) is 24.7 Å². The zero-order chi connectivity index (χ0) is 21.9. The SMILES string of the molecule is Cc1nc2c3c(nn2c(C)c1Cl)CN(C(=O)c1ccc(F)cc1O[C@@H]1CCN(C)C1)C3. The van der Waals surface area contributed by atoms with E-state index in [2.05, 4.69) is 15.0 Å². The van der Waals surface area contributed by atoms with Gasteiger partial charge in [-0.1, -0.05) is 11.6 Å². The molecule has 9 heteroatoms. The van der Waals surface area contributed by atoms with E-state index in [1.54, 1.807) is 9.42 Å². The van der Waals surface area contributed by atoms with Gasteiger partial charge in [-0.05, 0) is 39.4 Å². The fraction of sp³-hybridized carbons (Fsp3) is 0.409. The molecule has 0 aliphatic carbocycles. The first kappa shape index (κ1) is 20.2. The van der Waals surface area contributed by atoms with E-state index >= 15 is 0 Å². The molecule has 2 aromatic heterocycles. The van der Waals surface area contributed by atoms with Crippen LogP contribution in [0.15, 0.2) is 18.2 Å². The number of rotatable bonds is 3. The standard InChI is InChI=1S/C22H23ClFN5O2/c1-12-20(23)13(2)29-21(25-12)17-10-28(11-18(17)26-29)22(30)16-5-4-14(24)8-19(16)31-15-6-7-27(3)9-15/h4-5,8,15H,6-7,9-11H2,1-3H3/t15-/m1/s1. The molecule has 1 aromatic carbocycles. The van der Waals surface area contributed by atoms with Crippen LogP contribution in [0.25, 0.3) is 5.65 Å². The number of hydrogen-bond donors (Lipinski definition) is 0. The molecule has 4 heterocycles. The van der Waals surface area contributed by atoms with Crippen LogP contribution in [0.1, 0.15) is 39.4 Å². The second kappa shape index (κ2) is 7.46. The highest BCUT2D eigenvalue weighted by molar-refractivity contribution is 6.31. The zero-order valence-corrected chi connectivity index (χ0v) is 18.4. The van der Waals surface area contributed by atoms with Crippen LogP contribution in [0.5, 0.6) is 5.75 Å². The van der Waals surface area contributed by atoms with Gasteiger partial charge in [0.05, 0.1) is 40.8 Å². The largest absolute Gasteiger partial charge is 0.488 e. The Morgan fingerprint density at radius 2 is 2.10 bits per heavy atom. The van der Waals surface area contributed by atoms with Gasteiger partial charge in [0.15, 0.2) is 5.65 Å². The number of halogens is 2. The molecule has 5 rings (SSSR count). The predicted octanol–water partition coefficient (Wildman–Crippen LogP) is 3.38. The Morgan fingerprint density at radius 3 is 2.84 bits per heavy atom. The molecule has 1 fully saturated rings. The van der Waals surface area contributed by atoms with Crippen molar-refractivity contribution in [2.24, 2.45) is 0 Å². The molecule has 0 saturated carbocycles. The number of nitrogens with zero attached hydrogens (tertiary/aromatic N) is 5. The van der Waals surface area contributed by atoms with Crippen molar-refractivity contribution in [3.05, 3.63) is 57.2 Å². The first-order chi connectivity index (χ1) is 14.8. The number of fused-ring (bicyclic) bond motifs is 3. The molecule has 7 nitrogen and oxygen atoms in total. The Hall–Kier alpha value is -2.71. The summed E-state index contributed by atoms with van der Waals surface area (Å²) in [4.78, 5) is 21.8. The average Bonchev–Trinajstić information content (AvgIpc) is 3.41. The monoisotopic (exact) mass is 443 g/mol. The van der Waals surface area contributed by atoms with Crippen molar-refractivity contribution in [1.82, 2.24) is 24.4 Å². The second-order valence-electron chi connectivity index (χ2n) is 8.35. The van der Waals surface area contributed by atoms with Crippen molar-refractivity contribution in [2.75, 3.05) is 20.1 Å². The molecule has 0 unspecified atom stereocenters. The van der Waals surface area contributed by atoms with E-state index in [0.717, 1.165) is 42.2 Å². The van der Waals surface area contributed by atoms with Crippen LogP contribution in [-0.4, -0.2) is 56.5 Å². The highest BCUT2D eigenvalue weighted by Gasteiger charge is 2.32. The smallest absolute Gasteiger partial charge is 0.258 e. The lowest BCUT2D eigenvalue weighted by atomic mass is 10.1. The van der Waals surface area contributed by atoms with E-state index in [1.165, 1.54) is 18.2 Å². The van der Waals surface area contributed by atoms with Gasteiger partial charge in [-0.25, -0.2) is 13.9 Å². The summed E-state index contributed by atoms with van der Waals surface area (Å²) in [5.41, 5.74) is 4.35. The van der Waals surface area contributed by atoms with Gasteiger partial charge in [0.25, 0.3) is 5.91 Å². The normalized spacial score (nSPS) is 18.7. The number of carbonyl (C=O) groups is 1. The summed E-state index contributed by atoms with van der Waals surface area (Å²) in [5, 5.41) is 5.22.